The van der Waals surface area contributed by atoms with Gasteiger partial charge in [0, 0.05) is 0 Å². The number of benzene rings is 2. The van der Waals surface area contributed by atoms with Crippen molar-refractivity contribution in [2.45, 2.75) is 24.2 Å². The molecule has 0 aliphatic rings. The minimum absolute atomic E-state index is 0.953. The summed E-state index contributed by atoms with van der Waals surface area (Å²) in [6.07, 6.45) is 2.33. The molecule has 2 heterocycles. The van der Waals surface area contributed by atoms with E-state index >= 15 is 0 Å². The molecule has 2 nitrogen and oxygen atoms in total. The number of aryl methyl sites for hydroxylation is 2. The van der Waals surface area contributed by atoms with E-state index in [9.17, 15) is 0 Å². The van der Waals surface area contributed by atoms with E-state index in [1.54, 1.807) is 0 Å². The monoisotopic (exact) mass is 392 g/mol. The van der Waals surface area contributed by atoms with Crippen molar-refractivity contribution in [1.29, 1.82) is 0 Å². The summed E-state index contributed by atoms with van der Waals surface area (Å²) in [5.74, 6) is 7.30. The second-order valence-corrected chi connectivity index (χ2v) is 18.6. The van der Waals surface area contributed by atoms with Gasteiger partial charge in [-0.25, -0.2) is 0 Å². The van der Waals surface area contributed by atoms with Crippen LogP contribution in [0, 0.1) is 6.92 Å². The molecule has 126 valence electrons. The SMILES string of the molecule is Cc1cc2oc3ccccc3c2cc1-c1cc[c]([Ge]([CH3])([CH3])[CH3])c[n+]1C. The average molecular weight is 391 g/mol. The molecule has 0 spiro atoms. The Morgan fingerprint density at radius 3 is 2.36 bits per heavy atom. The quantitative estimate of drug-likeness (QED) is 0.350. The topological polar surface area (TPSA) is 17.0 Å². The van der Waals surface area contributed by atoms with Crippen LogP contribution in [0.3, 0.4) is 0 Å². The summed E-state index contributed by atoms with van der Waals surface area (Å²) in [4.78, 5) is 0. The van der Waals surface area contributed by atoms with Crippen molar-refractivity contribution >= 4 is 39.6 Å². The average Bonchev–Trinajstić information content (AvgIpc) is 2.90. The molecule has 0 unspecified atom stereocenters. The molecule has 0 atom stereocenters. The Bertz CT molecular complexity index is 1100. The number of rotatable bonds is 2. The second kappa shape index (κ2) is 5.74. The third-order valence-electron chi connectivity index (χ3n) is 5.00. The maximum absolute atomic E-state index is 6.02. The van der Waals surface area contributed by atoms with E-state index in [4.69, 9.17) is 4.42 Å². The van der Waals surface area contributed by atoms with Crippen LogP contribution in [-0.2, 0) is 7.05 Å². The van der Waals surface area contributed by atoms with Gasteiger partial charge < -0.3 is 0 Å². The molecule has 0 saturated heterocycles. The van der Waals surface area contributed by atoms with Gasteiger partial charge in [-0.1, -0.05) is 0 Å². The van der Waals surface area contributed by atoms with Crippen molar-refractivity contribution < 1.29 is 8.98 Å². The van der Waals surface area contributed by atoms with E-state index in [2.05, 4.69) is 78.4 Å². The van der Waals surface area contributed by atoms with E-state index in [1.165, 1.54) is 32.0 Å². The van der Waals surface area contributed by atoms with Gasteiger partial charge in [0.2, 0.25) is 0 Å². The Morgan fingerprint density at radius 1 is 0.880 bits per heavy atom. The first kappa shape index (κ1) is 16.4. The Kier molecular flexibility index (Phi) is 3.76. The summed E-state index contributed by atoms with van der Waals surface area (Å²) >= 11 is -1.82. The third-order valence-corrected chi connectivity index (χ3v) is 9.25. The number of hydrogen-bond donors (Lipinski definition) is 0. The Hall–Kier alpha value is -2.07. The summed E-state index contributed by atoms with van der Waals surface area (Å²) in [5.41, 5.74) is 5.68. The van der Waals surface area contributed by atoms with E-state index < -0.39 is 13.3 Å². The number of nitrogens with zero attached hydrogens (tertiary/aromatic N) is 1. The summed E-state index contributed by atoms with van der Waals surface area (Å²) < 4.78 is 9.83. The van der Waals surface area contributed by atoms with E-state index in [0.29, 0.717) is 0 Å². The van der Waals surface area contributed by atoms with Crippen LogP contribution in [0.15, 0.2) is 59.1 Å². The first-order valence-corrected chi connectivity index (χ1v) is 16.1. The van der Waals surface area contributed by atoms with Gasteiger partial charge in [0.25, 0.3) is 0 Å². The zero-order valence-corrected chi connectivity index (χ0v) is 17.6. The minimum atomic E-state index is -1.82. The number of para-hydroxylation sites is 1. The molecule has 0 aliphatic carbocycles. The molecule has 2 aromatic heterocycles. The summed E-state index contributed by atoms with van der Waals surface area (Å²) in [5, 5.41) is 2.37. The van der Waals surface area contributed by atoms with Crippen LogP contribution < -0.4 is 8.96 Å². The molecule has 4 aromatic rings. The van der Waals surface area contributed by atoms with Gasteiger partial charge in [-0.3, -0.25) is 0 Å². The molecule has 25 heavy (non-hydrogen) atoms. The van der Waals surface area contributed by atoms with Crippen molar-refractivity contribution in [3.63, 3.8) is 0 Å². The normalized spacial score (nSPS) is 12.2. The van der Waals surface area contributed by atoms with Crippen LogP contribution >= 0.6 is 0 Å². The first-order chi connectivity index (χ1) is 11.8. The van der Waals surface area contributed by atoms with Gasteiger partial charge in [-0.2, -0.15) is 0 Å². The number of pyridine rings is 1. The summed E-state index contributed by atoms with van der Waals surface area (Å²) in [7, 11) is 2.16. The van der Waals surface area contributed by atoms with Crippen LogP contribution in [0.25, 0.3) is 33.2 Å². The van der Waals surface area contributed by atoms with Gasteiger partial charge in [0.05, 0.1) is 0 Å². The number of fused-ring (bicyclic) bond motifs is 3. The fourth-order valence-electron chi connectivity index (χ4n) is 3.48. The Morgan fingerprint density at radius 2 is 1.64 bits per heavy atom. The molecule has 2 aromatic carbocycles. The molecule has 4 rings (SSSR count). The van der Waals surface area contributed by atoms with E-state index in [-0.39, 0.29) is 0 Å². The molecule has 0 radical (unpaired) electrons. The van der Waals surface area contributed by atoms with Crippen molar-refractivity contribution in [3.8, 4) is 11.3 Å². The second-order valence-electron chi connectivity index (χ2n) is 7.93. The van der Waals surface area contributed by atoms with Gasteiger partial charge >= 0.3 is 151 Å². The number of furan rings is 1. The summed E-state index contributed by atoms with van der Waals surface area (Å²) in [6, 6.07) is 17.3. The van der Waals surface area contributed by atoms with Crippen LogP contribution in [0.4, 0.5) is 0 Å². The van der Waals surface area contributed by atoms with Gasteiger partial charge in [-0.15, -0.1) is 0 Å². The van der Waals surface area contributed by atoms with Crippen LogP contribution in [0.1, 0.15) is 5.56 Å². The van der Waals surface area contributed by atoms with E-state index in [0.717, 1.165) is 11.2 Å². The van der Waals surface area contributed by atoms with Crippen molar-refractivity contribution in [3.05, 3.63) is 60.3 Å². The predicted molar refractivity (Wildman–Crippen MR) is 108 cm³/mol. The molecule has 0 saturated carbocycles. The third kappa shape index (κ3) is 2.79. The van der Waals surface area contributed by atoms with Gasteiger partial charge in [0.1, 0.15) is 0 Å². The predicted octanol–water partition coefficient (Wildman–Crippen LogP) is 4.93. The Balaban J connectivity index is 1.94. The molecule has 0 aliphatic heterocycles. The van der Waals surface area contributed by atoms with Crippen molar-refractivity contribution in [2.24, 2.45) is 7.05 Å². The van der Waals surface area contributed by atoms with Crippen molar-refractivity contribution in [1.82, 2.24) is 0 Å². The zero-order valence-electron chi connectivity index (χ0n) is 15.6. The maximum atomic E-state index is 6.02. The molecule has 0 N–H and O–H groups in total. The van der Waals surface area contributed by atoms with Gasteiger partial charge in [-0.05, 0) is 0 Å². The molecule has 3 heteroatoms. The van der Waals surface area contributed by atoms with Crippen molar-refractivity contribution in [2.75, 3.05) is 0 Å². The molecular weight excluding hydrogens is 367 g/mol. The molecule has 0 amide bonds. The standard InChI is InChI=1S/C22H24GeNO/c1-15-12-22-19(17-8-6-7-9-21(17)25-22)13-18(15)20-11-10-16(14-24(20)5)23(2,3)4/h6-14H,1-5H3/q+1. The first-order valence-electron chi connectivity index (χ1n) is 8.77. The molecular formula is C22H24GeNO+. The zero-order chi connectivity index (χ0) is 17.8. The van der Waals surface area contributed by atoms with Gasteiger partial charge in [0.15, 0.2) is 0 Å². The molecule has 0 fully saturated rings. The molecule has 0 bridgehead atoms. The van der Waals surface area contributed by atoms with Crippen LogP contribution in [0.5, 0.6) is 0 Å². The fraction of sp³-hybridized carbons (Fsp3) is 0.227. The van der Waals surface area contributed by atoms with Crippen LogP contribution in [-0.4, -0.2) is 13.3 Å². The van der Waals surface area contributed by atoms with E-state index in [1.807, 2.05) is 12.1 Å². The summed E-state index contributed by atoms with van der Waals surface area (Å²) in [6.45, 7) is 2.16. The number of hydrogen-bond acceptors (Lipinski definition) is 1. The van der Waals surface area contributed by atoms with Crippen LogP contribution in [0.2, 0.25) is 17.3 Å². The Labute approximate surface area is 151 Å². The fourth-order valence-corrected chi connectivity index (χ4v) is 5.92. The number of aromatic nitrogens is 1.